The Labute approximate surface area is 194 Å². The van der Waals surface area contributed by atoms with Crippen molar-refractivity contribution in [2.24, 2.45) is 0 Å². The van der Waals surface area contributed by atoms with Crippen LogP contribution in [0.4, 0.5) is 5.69 Å². The minimum atomic E-state index is -3.63. The van der Waals surface area contributed by atoms with Gasteiger partial charge in [-0.25, -0.2) is 18.1 Å². The summed E-state index contributed by atoms with van der Waals surface area (Å²) in [7, 11) is -3.63. The number of aromatic nitrogens is 2. The van der Waals surface area contributed by atoms with Crippen LogP contribution in [0.1, 0.15) is 67.4 Å². The van der Waals surface area contributed by atoms with Crippen molar-refractivity contribution in [2.75, 3.05) is 11.6 Å². The van der Waals surface area contributed by atoms with E-state index in [1.165, 1.54) is 30.5 Å². The number of aryl methyl sites for hydroxylation is 1. The van der Waals surface area contributed by atoms with Gasteiger partial charge in [0.25, 0.3) is 5.91 Å². The minimum Gasteiger partial charge on any atom is -0.382 e. The molecule has 3 aromatic rings. The van der Waals surface area contributed by atoms with Crippen LogP contribution in [0.5, 0.6) is 0 Å². The summed E-state index contributed by atoms with van der Waals surface area (Å²) in [5.41, 5.74) is 5.56. The number of benzene rings is 2. The molecule has 1 atom stereocenters. The summed E-state index contributed by atoms with van der Waals surface area (Å²) in [4.78, 5) is 17.4. The fourth-order valence-electron chi connectivity index (χ4n) is 5.17. The van der Waals surface area contributed by atoms with Gasteiger partial charge in [-0.1, -0.05) is 19.3 Å². The molecule has 0 bridgehead atoms. The van der Waals surface area contributed by atoms with Crippen LogP contribution in [0, 0.1) is 0 Å². The third-order valence-electron chi connectivity index (χ3n) is 6.78. The molecule has 1 aliphatic carbocycles. The second-order valence-corrected chi connectivity index (χ2v) is 11.2. The Hall–Kier alpha value is -2.87. The molecule has 0 saturated heterocycles. The van der Waals surface area contributed by atoms with Crippen LogP contribution in [0.15, 0.2) is 36.4 Å². The molecule has 1 unspecified atom stereocenters. The maximum Gasteiger partial charge on any atom is 0.264 e. The maximum absolute atomic E-state index is 12.4. The summed E-state index contributed by atoms with van der Waals surface area (Å²) in [5.74, 6) is 0.279. The van der Waals surface area contributed by atoms with Crippen molar-refractivity contribution in [2.45, 2.75) is 64.0 Å². The van der Waals surface area contributed by atoms with Gasteiger partial charge in [-0.15, -0.1) is 0 Å². The standard InChI is InChI=1S/C25H30N4O3S/c1-16-8-9-17-14-18(10-12-21(17)26-16)24-27-22-15-19(25(30)28-33(2,31)32)11-13-23(22)29(24)20-6-4-3-5-7-20/h10-16,20,26H,3-9H2,1-2H3,(H,28,30). The van der Waals surface area contributed by atoms with Gasteiger partial charge in [0.1, 0.15) is 5.82 Å². The summed E-state index contributed by atoms with van der Waals surface area (Å²) in [5, 5.41) is 3.56. The molecule has 1 amide bonds. The number of amides is 1. The highest BCUT2D eigenvalue weighted by molar-refractivity contribution is 7.89. The van der Waals surface area contributed by atoms with E-state index in [4.69, 9.17) is 4.98 Å². The first-order chi connectivity index (χ1) is 15.8. The van der Waals surface area contributed by atoms with Gasteiger partial charge in [0.2, 0.25) is 10.0 Å². The zero-order valence-electron chi connectivity index (χ0n) is 19.1. The van der Waals surface area contributed by atoms with E-state index in [1.54, 1.807) is 12.1 Å². The molecule has 5 rings (SSSR count). The second-order valence-electron chi connectivity index (χ2n) is 9.46. The molecule has 33 heavy (non-hydrogen) atoms. The van der Waals surface area contributed by atoms with E-state index in [9.17, 15) is 13.2 Å². The third kappa shape index (κ3) is 4.49. The van der Waals surface area contributed by atoms with Crippen molar-refractivity contribution in [3.05, 3.63) is 47.5 Å². The van der Waals surface area contributed by atoms with Gasteiger partial charge in [-0.05, 0) is 74.6 Å². The zero-order valence-corrected chi connectivity index (χ0v) is 19.9. The van der Waals surface area contributed by atoms with Crippen molar-refractivity contribution < 1.29 is 13.2 Å². The van der Waals surface area contributed by atoms with E-state index < -0.39 is 15.9 Å². The second kappa shape index (κ2) is 8.48. The van der Waals surface area contributed by atoms with Gasteiger partial charge in [0, 0.05) is 28.9 Å². The molecule has 2 N–H and O–H groups in total. The first kappa shape index (κ1) is 21.9. The number of imidazole rings is 1. The molecule has 7 nitrogen and oxygen atoms in total. The number of carbonyl (C=O) groups excluding carboxylic acids is 1. The van der Waals surface area contributed by atoms with Gasteiger partial charge >= 0.3 is 0 Å². The van der Waals surface area contributed by atoms with Crippen LogP contribution in [-0.2, 0) is 16.4 Å². The van der Waals surface area contributed by atoms with Gasteiger partial charge in [0.05, 0.1) is 17.3 Å². The fourth-order valence-corrected chi connectivity index (χ4v) is 5.62. The number of hydrogen-bond acceptors (Lipinski definition) is 5. The van der Waals surface area contributed by atoms with E-state index in [0.717, 1.165) is 48.8 Å². The van der Waals surface area contributed by atoms with E-state index in [2.05, 4.69) is 35.0 Å². The number of nitrogens with zero attached hydrogens (tertiary/aromatic N) is 2. The van der Waals surface area contributed by atoms with Crippen molar-refractivity contribution >= 4 is 32.7 Å². The van der Waals surface area contributed by atoms with Crippen LogP contribution < -0.4 is 10.0 Å². The molecule has 0 radical (unpaired) electrons. The molecule has 1 fully saturated rings. The summed E-state index contributed by atoms with van der Waals surface area (Å²) in [6.45, 7) is 2.21. The Kier molecular flexibility index (Phi) is 5.64. The third-order valence-corrected chi connectivity index (χ3v) is 7.34. The van der Waals surface area contributed by atoms with Crippen molar-refractivity contribution in [1.82, 2.24) is 14.3 Å². The summed E-state index contributed by atoms with van der Waals surface area (Å²) >= 11 is 0. The monoisotopic (exact) mass is 466 g/mol. The average molecular weight is 467 g/mol. The lowest BCUT2D eigenvalue weighted by atomic mass is 9.94. The Bertz CT molecular complexity index is 1320. The molecule has 1 aromatic heterocycles. The van der Waals surface area contributed by atoms with E-state index in [-0.39, 0.29) is 5.56 Å². The zero-order chi connectivity index (χ0) is 23.2. The lowest BCUT2D eigenvalue weighted by Gasteiger charge is -2.27. The smallest absolute Gasteiger partial charge is 0.264 e. The Balaban J connectivity index is 1.61. The molecule has 2 aliphatic rings. The average Bonchev–Trinajstić information content (AvgIpc) is 3.17. The predicted octanol–water partition coefficient (Wildman–Crippen LogP) is 4.64. The topological polar surface area (TPSA) is 93.1 Å². The van der Waals surface area contributed by atoms with E-state index in [1.807, 2.05) is 10.8 Å². The molecular weight excluding hydrogens is 436 g/mol. The summed E-state index contributed by atoms with van der Waals surface area (Å²) < 4.78 is 27.4. The molecule has 1 aliphatic heterocycles. The predicted molar refractivity (Wildman–Crippen MR) is 131 cm³/mol. The van der Waals surface area contributed by atoms with Gasteiger partial charge in [-0.2, -0.15) is 0 Å². The van der Waals surface area contributed by atoms with E-state index in [0.29, 0.717) is 17.6 Å². The van der Waals surface area contributed by atoms with Crippen molar-refractivity contribution in [3.63, 3.8) is 0 Å². The maximum atomic E-state index is 12.4. The Morgan fingerprint density at radius 3 is 2.64 bits per heavy atom. The van der Waals surface area contributed by atoms with Crippen LogP contribution in [-0.4, -0.2) is 36.2 Å². The lowest BCUT2D eigenvalue weighted by Crippen LogP contribution is -2.29. The number of hydrogen-bond donors (Lipinski definition) is 2. The highest BCUT2D eigenvalue weighted by Crippen LogP contribution is 2.37. The first-order valence-corrected chi connectivity index (χ1v) is 13.6. The summed E-state index contributed by atoms with van der Waals surface area (Å²) in [6, 6.07) is 12.6. The number of fused-ring (bicyclic) bond motifs is 2. The lowest BCUT2D eigenvalue weighted by molar-refractivity contribution is 0.0982. The molecule has 1 saturated carbocycles. The number of carbonyl (C=O) groups is 1. The molecule has 8 heteroatoms. The molecule has 174 valence electrons. The number of anilines is 1. The largest absolute Gasteiger partial charge is 0.382 e. The SMILES string of the molecule is CC1CCc2cc(-c3nc4cc(C(=O)NS(C)(=O)=O)ccc4n3C3CCCCC3)ccc2N1. The van der Waals surface area contributed by atoms with Crippen LogP contribution in [0.2, 0.25) is 0 Å². The van der Waals surface area contributed by atoms with Gasteiger partial charge in [-0.3, -0.25) is 4.79 Å². The molecular formula is C25H30N4O3S. The molecule has 2 heterocycles. The quantitative estimate of drug-likeness (QED) is 0.584. The van der Waals surface area contributed by atoms with Crippen molar-refractivity contribution in [3.8, 4) is 11.4 Å². The van der Waals surface area contributed by atoms with Gasteiger partial charge < -0.3 is 9.88 Å². The highest BCUT2D eigenvalue weighted by atomic mass is 32.2. The number of nitrogens with one attached hydrogen (secondary N) is 2. The van der Waals surface area contributed by atoms with Crippen molar-refractivity contribution in [1.29, 1.82) is 0 Å². The number of sulfonamides is 1. The number of rotatable bonds is 4. The van der Waals surface area contributed by atoms with Gasteiger partial charge in [0.15, 0.2) is 0 Å². The normalized spacial score (nSPS) is 19.2. The Morgan fingerprint density at radius 2 is 1.88 bits per heavy atom. The van der Waals surface area contributed by atoms with E-state index >= 15 is 0 Å². The minimum absolute atomic E-state index is 0.288. The Morgan fingerprint density at radius 1 is 1.09 bits per heavy atom. The molecule has 0 spiro atoms. The summed E-state index contributed by atoms with van der Waals surface area (Å²) in [6.07, 6.45) is 9.00. The first-order valence-electron chi connectivity index (χ1n) is 11.7. The van der Waals surface area contributed by atoms with Crippen LogP contribution in [0.25, 0.3) is 22.4 Å². The van der Waals surface area contributed by atoms with Crippen LogP contribution in [0.3, 0.4) is 0 Å². The fraction of sp³-hybridized carbons (Fsp3) is 0.440. The van der Waals surface area contributed by atoms with Crippen LogP contribution >= 0.6 is 0 Å². The highest BCUT2D eigenvalue weighted by Gasteiger charge is 2.24. The molecule has 2 aromatic carbocycles.